The summed E-state index contributed by atoms with van der Waals surface area (Å²) in [6.07, 6.45) is 10.3. The summed E-state index contributed by atoms with van der Waals surface area (Å²) in [5.74, 6) is 1.34. The van der Waals surface area contributed by atoms with Crippen molar-refractivity contribution < 1.29 is 4.79 Å². The smallest absolute Gasteiger partial charge is 0.247 e. The molecule has 3 aromatic rings. The van der Waals surface area contributed by atoms with E-state index >= 15 is 0 Å². The van der Waals surface area contributed by atoms with Crippen LogP contribution >= 0.6 is 0 Å². The van der Waals surface area contributed by atoms with Gasteiger partial charge in [0.2, 0.25) is 5.91 Å². The molecule has 0 saturated heterocycles. The van der Waals surface area contributed by atoms with Crippen LogP contribution < -0.4 is 10.2 Å². The molecule has 1 fully saturated rings. The van der Waals surface area contributed by atoms with Gasteiger partial charge in [0.15, 0.2) is 11.6 Å². The predicted molar refractivity (Wildman–Crippen MR) is 116 cm³/mol. The van der Waals surface area contributed by atoms with Crippen LogP contribution in [0.3, 0.4) is 0 Å². The topological polar surface area (TPSA) is 83.9 Å². The van der Waals surface area contributed by atoms with Gasteiger partial charge in [-0.1, -0.05) is 50.1 Å². The molecular formula is C23H24N6O. The number of benzene rings is 1. The molecule has 5 rings (SSSR count). The number of hydrogen-bond acceptors (Lipinski definition) is 6. The number of amides is 1. The Morgan fingerprint density at radius 3 is 2.50 bits per heavy atom. The Morgan fingerprint density at radius 2 is 1.77 bits per heavy atom. The Hall–Kier alpha value is -3.35. The fourth-order valence-electron chi connectivity index (χ4n) is 4.56. The van der Waals surface area contributed by atoms with E-state index in [2.05, 4.69) is 32.1 Å². The minimum Gasteiger partial charge on any atom is -0.340 e. The Morgan fingerprint density at radius 1 is 1.03 bits per heavy atom. The third-order valence-electron chi connectivity index (χ3n) is 5.97. The second kappa shape index (κ2) is 7.82. The summed E-state index contributed by atoms with van der Waals surface area (Å²) in [7, 11) is 0. The first-order chi connectivity index (χ1) is 14.8. The number of nitrogens with zero attached hydrogens (tertiary/aromatic N) is 5. The number of carbonyl (C=O) groups excluding carboxylic acids is 1. The van der Waals surface area contributed by atoms with Crippen LogP contribution in [0.5, 0.6) is 0 Å². The van der Waals surface area contributed by atoms with Gasteiger partial charge in [0.05, 0.1) is 11.9 Å². The van der Waals surface area contributed by atoms with Crippen molar-refractivity contribution in [3.05, 3.63) is 48.9 Å². The molecule has 0 radical (unpaired) electrons. The number of carbonyl (C=O) groups is 1. The van der Waals surface area contributed by atoms with Gasteiger partial charge in [0.1, 0.15) is 17.4 Å². The minimum absolute atomic E-state index is 0.0257. The first-order valence-corrected chi connectivity index (χ1v) is 10.6. The molecule has 7 heteroatoms. The van der Waals surface area contributed by atoms with Crippen molar-refractivity contribution in [2.45, 2.75) is 51.1 Å². The molecule has 1 atom stereocenters. The van der Waals surface area contributed by atoms with E-state index in [-0.39, 0.29) is 11.9 Å². The van der Waals surface area contributed by atoms with Crippen LogP contribution in [0, 0.1) is 0 Å². The molecule has 2 aromatic heterocycles. The molecule has 3 heterocycles. The zero-order valence-corrected chi connectivity index (χ0v) is 17.0. The maximum absolute atomic E-state index is 12.7. The molecule has 1 aliphatic carbocycles. The number of nitrogens with one attached hydrogen (secondary N) is 1. The molecule has 152 valence electrons. The highest BCUT2D eigenvalue weighted by Gasteiger charge is 2.38. The highest BCUT2D eigenvalue weighted by atomic mass is 16.2. The summed E-state index contributed by atoms with van der Waals surface area (Å²) >= 11 is 0. The van der Waals surface area contributed by atoms with Crippen molar-refractivity contribution in [1.82, 2.24) is 19.9 Å². The van der Waals surface area contributed by atoms with Crippen LogP contribution in [0.2, 0.25) is 0 Å². The van der Waals surface area contributed by atoms with E-state index in [0.29, 0.717) is 23.2 Å². The molecular weight excluding hydrogens is 376 g/mol. The van der Waals surface area contributed by atoms with Gasteiger partial charge < -0.3 is 10.2 Å². The fourth-order valence-corrected chi connectivity index (χ4v) is 4.56. The second-order valence-corrected chi connectivity index (χ2v) is 7.81. The Kier molecular flexibility index (Phi) is 4.86. The normalized spacial score (nSPS) is 18.9. The molecule has 1 saturated carbocycles. The van der Waals surface area contributed by atoms with Gasteiger partial charge >= 0.3 is 0 Å². The van der Waals surface area contributed by atoms with E-state index in [0.717, 1.165) is 36.3 Å². The summed E-state index contributed by atoms with van der Waals surface area (Å²) in [5, 5.41) is 3.00. The van der Waals surface area contributed by atoms with Gasteiger partial charge in [-0.05, 0) is 19.3 Å². The highest BCUT2D eigenvalue weighted by molar-refractivity contribution is 6.03. The molecule has 1 unspecified atom stereocenters. The first-order valence-electron chi connectivity index (χ1n) is 10.6. The Balaban J connectivity index is 1.63. The number of aromatic nitrogens is 4. The number of fused-ring (bicyclic) bond motifs is 1. The van der Waals surface area contributed by atoms with Crippen molar-refractivity contribution in [3.63, 3.8) is 0 Å². The monoisotopic (exact) mass is 400 g/mol. The maximum atomic E-state index is 12.7. The molecule has 30 heavy (non-hydrogen) atoms. The summed E-state index contributed by atoms with van der Waals surface area (Å²) in [6, 6.07) is 10.1. The highest BCUT2D eigenvalue weighted by Crippen LogP contribution is 2.38. The van der Waals surface area contributed by atoms with Gasteiger partial charge in [-0.2, -0.15) is 0 Å². The SMILES string of the molecule is CCC1C(=O)Nc2cnc(-c3nccnc3-c3ccccc3)nc2N1C1CCCC1. The molecule has 1 amide bonds. The largest absolute Gasteiger partial charge is 0.340 e. The summed E-state index contributed by atoms with van der Waals surface area (Å²) in [5.41, 5.74) is 3.03. The number of rotatable bonds is 4. The zero-order chi connectivity index (χ0) is 20.5. The number of anilines is 2. The third kappa shape index (κ3) is 3.20. The lowest BCUT2D eigenvalue weighted by Gasteiger charge is -2.40. The molecule has 2 aliphatic rings. The standard InChI is InChI=1S/C23H24N6O/c1-2-18-23(30)27-17-14-26-21(28-22(17)29(18)16-10-6-7-11-16)20-19(24-12-13-25-20)15-8-4-3-5-9-15/h3-5,8-9,12-14,16,18H,2,6-7,10-11H2,1H3,(H,27,30). The predicted octanol–water partition coefficient (Wildman–Crippen LogP) is 4.08. The van der Waals surface area contributed by atoms with Crippen molar-refractivity contribution in [2.24, 2.45) is 0 Å². The molecule has 7 nitrogen and oxygen atoms in total. The molecule has 1 N–H and O–H groups in total. The van der Waals surface area contributed by atoms with Gasteiger partial charge in [-0.3, -0.25) is 9.78 Å². The molecule has 0 spiro atoms. The summed E-state index contributed by atoms with van der Waals surface area (Å²) in [6.45, 7) is 2.05. The van der Waals surface area contributed by atoms with Crippen LogP contribution in [0.15, 0.2) is 48.9 Å². The maximum Gasteiger partial charge on any atom is 0.247 e. The summed E-state index contributed by atoms with van der Waals surface area (Å²) in [4.78, 5) is 33.5. The van der Waals surface area contributed by atoms with E-state index in [4.69, 9.17) is 4.98 Å². The van der Waals surface area contributed by atoms with Crippen molar-refractivity contribution >= 4 is 17.4 Å². The lowest BCUT2D eigenvalue weighted by molar-refractivity contribution is -0.117. The average molecular weight is 400 g/mol. The Labute approximate surface area is 175 Å². The van der Waals surface area contributed by atoms with Gasteiger partial charge in [0.25, 0.3) is 0 Å². The molecule has 0 bridgehead atoms. The van der Waals surface area contributed by atoms with Crippen LogP contribution in [-0.2, 0) is 4.79 Å². The zero-order valence-electron chi connectivity index (χ0n) is 17.0. The minimum atomic E-state index is -0.209. The summed E-state index contributed by atoms with van der Waals surface area (Å²) < 4.78 is 0. The van der Waals surface area contributed by atoms with Crippen molar-refractivity contribution in [3.8, 4) is 22.8 Å². The van der Waals surface area contributed by atoms with Crippen molar-refractivity contribution in [2.75, 3.05) is 10.2 Å². The van der Waals surface area contributed by atoms with E-state index in [9.17, 15) is 4.79 Å². The lowest BCUT2D eigenvalue weighted by atomic mass is 10.0. The van der Waals surface area contributed by atoms with Crippen molar-refractivity contribution in [1.29, 1.82) is 0 Å². The lowest BCUT2D eigenvalue weighted by Crippen LogP contribution is -2.52. The molecule has 1 aliphatic heterocycles. The quantitative estimate of drug-likeness (QED) is 0.710. The third-order valence-corrected chi connectivity index (χ3v) is 5.97. The van der Waals surface area contributed by atoms with Crippen LogP contribution in [0.1, 0.15) is 39.0 Å². The van der Waals surface area contributed by atoms with E-state index in [1.54, 1.807) is 18.6 Å². The second-order valence-electron chi connectivity index (χ2n) is 7.81. The van der Waals surface area contributed by atoms with Gasteiger partial charge in [-0.25, -0.2) is 15.0 Å². The fraction of sp³-hybridized carbons (Fsp3) is 0.348. The van der Waals surface area contributed by atoms with Gasteiger partial charge in [0, 0.05) is 24.0 Å². The average Bonchev–Trinajstić information content (AvgIpc) is 3.33. The Bertz CT molecular complexity index is 1060. The van der Waals surface area contributed by atoms with Gasteiger partial charge in [-0.15, -0.1) is 0 Å². The van der Waals surface area contributed by atoms with Crippen LogP contribution in [0.25, 0.3) is 22.8 Å². The van der Waals surface area contributed by atoms with E-state index < -0.39 is 0 Å². The van der Waals surface area contributed by atoms with Crippen LogP contribution in [-0.4, -0.2) is 37.9 Å². The van der Waals surface area contributed by atoms with E-state index in [1.165, 1.54) is 12.8 Å². The molecule has 1 aromatic carbocycles. The number of hydrogen-bond donors (Lipinski definition) is 1. The first kappa shape index (κ1) is 18.7. The van der Waals surface area contributed by atoms with Crippen LogP contribution in [0.4, 0.5) is 11.5 Å². The van der Waals surface area contributed by atoms with E-state index in [1.807, 2.05) is 30.3 Å².